The summed E-state index contributed by atoms with van der Waals surface area (Å²) in [5.74, 6) is -2.37. The monoisotopic (exact) mass is 765 g/mol. The van der Waals surface area contributed by atoms with Crippen LogP contribution in [0.15, 0.2) is 0 Å². The molecule has 20 atom stereocenters. The third-order valence-corrected chi connectivity index (χ3v) is 8.89. The molecule has 0 aromatic carbocycles. The second kappa shape index (κ2) is 18.7. The third-order valence-electron chi connectivity index (χ3n) is 8.89. The third kappa shape index (κ3) is 8.82. The quantitative estimate of drug-likeness (QED) is 0.0774. The molecule has 52 heavy (non-hydrogen) atoms. The van der Waals surface area contributed by atoms with Crippen LogP contribution in [0.25, 0.3) is 0 Å². The highest BCUT2D eigenvalue weighted by Gasteiger charge is 2.57. The molecule has 24 heteroatoms. The number of nitrogens with two attached hydrogens (primary N) is 1. The van der Waals surface area contributed by atoms with Crippen LogP contribution in [0.3, 0.4) is 0 Å². The van der Waals surface area contributed by atoms with Crippen LogP contribution in [-0.4, -0.2) is 232 Å². The Balaban J connectivity index is 1.52. The Bertz CT molecular complexity index is 1150. The van der Waals surface area contributed by atoms with Crippen molar-refractivity contribution in [1.29, 1.82) is 0 Å². The first-order valence-electron chi connectivity index (χ1n) is 16.0. The number of esters is 2. The molecule has 24 nitrogen and oxygen atoms in total. The summed E-state index contributed by atoms with van der Waals surface area (Å²) >= 11 is 0. The number of methoxy groups -OCH3 is 2. The maximum Gasteiger partial charge on any atom is 0.337 e. The van der Waals surface area contributed by atoms with E-state index in [4.69, 9.17) is 43.6 Å². The van der Waals surface area contributed by atoms with Crippen molar-refractivity contribution in [2.45, 2.75) is 123 Å². The van der Waals surface area contributed by atoms with Crippen LogP contribution in [-0.2, 0) is 57.0 Å². The Morgan fingerprint density at radius 3 is 1.40 bits per heavy atom. The molecule has 0 radical (unpaired) electrons. The van der Waals surface area contributed by atoms with Gasteiger partial charge in [-0.15, -0.1) is 0 Å². The van der Waals surface area contributed by atoms with Gasteiger partial charge >= 0.3 is 11.9 Å². The predicted molar refractivity (Wildman–Crippen MR) is 157 cm³/mol. The van der Waals surface area contributed by atoms with E-state index in [1.807, 2.05) is 0 Å². The SMILES string of the molecule is COC(=O)C1OC(O[C@H]2[C@@H](O)[C@@H](O)[C@H](OCCN)O[C@H]2CO)C(O)C(O[C@@H]2O[C@H](CO)[C@@H](O[C@@H]3O[C@H](C(=O)OC)[C@@H](O)[C@@H](O)[C@@H]3O)[C@H](O)[C@@H]2O)C1O. The summed E-state index contributed by atoms with van der Waals surface area (Å²) < 4.78 is 52.9. The van der Waals surface area contributed by atoms with Crippen LogP contribution in [0.4, 0.5) is 0 Å². The molecule has 0 aliphatic carbocycles. The molecule has 4 rings (SSSR count). The molecular formula is C28H47NO23. The average Bonchev–Trinajstić information content (AvgIpc) is 3.14. The van der Waals surface area contributed by atoms with Gasteiger partial charge in [-0.3, -0.25) is 0 Å². The Kier molecular flexibility index (Phi) is 15.4. The number of hydrogen-bond donors (Lipinski definition) is 12. The van der Waals surface area contributed by atoms with Crippen molar-refractivity contribution < 1.29 is 113 Å². The highest BCUT2D eigenvalue weighted by molar-refractivity contribution is 5.76. The zero-order chi connectivity index (χ0) is 38.6. The molecule has 0 saturated carbocycles. The fourth-order valence-corrected chi connectivity index (χ4v) is 6.03. The first-order chi connectivity index (χ1) is 24.6. The van der Waals surface area contributed by atoms with Crippen LogP contribution in [0.5, 0.6) is 0 Å². The van der Waals surface area contributed by atoms with Gasteiger partial charge in [0.05, 0.1) is 34.0 Å². The number of rotatable bonds is 13. The lowest BCUT2D eigenvalue weighted by Crippen LogP contribution is -2.68. The van der Waals surface area contributed by atoms with Crippen LogP contribution in [0.1, 0.15) is 0 Å². The molecule has 4 fully saturated rings. The minimum Gasteiger partial charge on any atom is -0.467 e. The van der Waals surface area contributed by atoms with E-state index in [0.29, 0.717) is 0 Å². The van der Waals surface area contributed by atoms with Gasteiger partial charge in [-0.2, -0.15) is 0 Å². The number of ether oxygens (including phenoxy) is 10. The van der Waals surface area contributed by atoms with Crippen molar-refractivity contribution in [1.82, 2.24) is 0 Å². The van der Waals surface area contributed by atoms with Crippen LogP contribution in [0, 0.1) is 0 Å². The van der Waals surface area contributed by atoms with Gasteiger partial charge in [-0.25, -0.2) is 9.59 Å². The fourth-order valence-electron chi connectivity index (χ4n) is 6.03. The lowest BCUT2D eigenvalue weighted by atomic mass is 9.95. The van der Waals surface area contributed by atoms with Crippen molar-refractivity contribution in [3.8, 4) is 0 Å². The number of aliphatic hydroxyl groups excluding tert-OH is 11. The Morgan fingerprint density at radius 1 is 0.519 bits per heavy atom. The Hall–Kier alpha value is -1.86. The number of carbonyl (C=O) groups is 2. The van der Waals surface area contributed by atoms with E-state index in [1.54, 1.807) is 0 Å². The van der Waals surface area contributed by atoms with E-state index < -0.39 is 148 Å². The molecule has 0 aromatic heterocycles. The molecule has 0 aromatic rings. The minimum atomic E-state index is -2.16. The van der Waals surface area contributed by atoms with E-state index in [-0.39, 0.29) is 13.2 Å². The molecule has 302 valence electrons. The van der Waals surface area contributed by atoms with Crippen LogP contribution in [0.2, 0.25) is 0 Å². The van der Waals surface area contributed by atoms with Crippen molar-refractivity contribution in [2.24, 2.45) is 5.73 Å². The van der Waals surface area contributed by atoms with Crippen LogP contribution < -0.4 is 5.73 Å². The van der Waals surface area contributed by atoms with E-state index in [1.165, 1.54) is 0 Å². The molecule has 4 saturated heterocycles. The Morgan fingerprint density at radius 2 is 0.923 bits per heavy atom. The second-order valence-corrected chi connectivity index (χ2v) is 12.2. The van der Waals surface area contributed by atoms with E-state index in [0.717, 1.165) is 14.2 Å². The summed E-state index contributed by atoms with van der Waals surface area (Å²) in [5.41, 5.74) is 5.39. The largest absolute Gasteiger partial charge is 0.467 e. The molecule has 13 N–H and O–H groups in total. The summed E-state index contributed by atoms with van der Waals surface area (Å²) in [6.07, 6.45) is -38.0. The average molecular weight is 766 g/mol. The van der Waals surface area contributed by atoms with Gasteiger partial charge in [0.1, 0.15) is 85.5 Å². The van der Waals surface area contributed by atoms with Crippen molar-refractivity contribution >= 4 is 11.9 Å². The standard InChI is InChI=1S/C28H47NO23/c1-43-23(41)21-10(33)9(32)13(36)27(51-21)48-19-8(6-31)47-26(15(38)12(19)35)50-20-16(39)22(24(42)44-2)52-28(17(20)40)49-18-7(5-30)46-25(45-4-3-29)14(37)11(18)34/h7-22,25-28,30-40H,3-6,29H2,1-2H3/t7-,8+,9+,10-,11-,12+,13-,14+,15-,16?,17?,18+,19+,20?,21-,22?,25+,26-,27+,28?/m0/s1. The zero-order valence-corrected chi connectivity index (χ0v) is 27.8. The van der Waals surface area contributed by atoms with Crippen molar-refractivity contribution in [3.05, 3.63) is 0 Å². The van der Waals surface area contributed by atoms with Crippen molar-refractivity contribution in [2.75, 3.05) is 40.6 Å². The van der Waals surface area contributed by atoms with Gasteiger partial charge in [0.15, 0.2) is 37.4 Å². The van der Waals surface area contributed by atoms with Gasteiger partial charge in [-0.1, -0.05) is 0 Å². The molecule has 0 bridgehead atoms. The van der Waals surface area contributed by atoms with Gasteiger partial charge in [0, 0.05) is 6.54 Å². The number of carbonyl (C=O) groups excluding carboxylic acids is 2. The normalized spacial score (nSPS) is 47.1. The Labute approximate surface area is 294 Å². The maximum atomic E-state index is 12.6. The molecule has 4 aliphatic rings. The van der Waals surface area contributed by atoms with Gasteiger partial charge in [0.25, 0.3) is 0 Å². The summed E-state index contributed by atoms with van der Waals surface area (Å²) in [7, 11) is 1.89. The molecule has 0 amide bonds. The second-order valence-electron chi connectivity index (χ2n) is 12.2. The van der Waals surface area contributed by atoms with Crippen molar-refractivity contribution in [3.63, 3.8) is 0 Å². The molecule has 4 aliphatic heterocycles. The smallest absolute Gasteiger partial charge is 0.337 e. The van der Waals surface area contributed by atoms with Gasteiger partial charge in [0.2, 0.25) is 0 Å². The van der Waals surface area contributed by atoms with Gasteiger partial charge in [-0.05, 0) is 0 Å². The van der Waals surface area contributed by atoms with Crippen LogP contribution >= 0.6 is 0 Å². The summed E-state index contributed by atoms with van der Waals surface area (Å²) in [4.78, 5) is 24.6. The van der Waals surface area contributed by atoms with E-state index >= 15 is 0 Å². The number of aliphatic hydroxyl groups is 11. The summed E-state index contributed by atoms with van der Waals surface area (Å²) in [6, 6.07) is 0. The van der Waals surface area contributed by atoms with E-state index in [2.05, 4.69) is 9.47 Å². The predicted octanol–water partition coefficient (Wildman–Crippen LogP) is -9.40. The lowest BCUT2D eigenvalue weighted by molar-refractivity contribution is -0.385. The van der Waals surface area contributed by atoms with E-state index in [9.17, 15) is 65.8 Å². The van der Waals surface area contributed by atoms with Gasteiger partial charge < -0.3 is 109 Å². The lowest BCUT2D eigenvalue weighted by Gasteiger charge is -2.48. The maximum absolute atomic E-state index is 12.6. The topological polar surface area (TPSA) is 375 Å². The highest BCUT2D eigenvalue weighted by Crippen LogP contribution is 2.35. The minimum absolute atomic E-state index is 0.0287. The molecular weight excluding hydrogens is 718 g/mol. The zero-order valence-electron chi connectivity index (χ0n) is 27.8. The first kappa shape index (κ1) is 42.9. The molecule has 4 heterocycles. The fraction of sp³-hybridized carbons (Fsp3) is 0.929. The first-order valence-corrected chi connectivity index (χ1v) is 16.0. The summed E-state index contributed by atoms with van der Waals surface area (Å²) in [5, 5.41) is 116. The molecule has 0 spiro atoms. The molecule has 5 unspecified atom stereocenters. The number of hydrogen-bond acceptors (Lipinski definition) is 24. The highest BCUT2D eigenvalue weighted by atomic mass is 16.8. The summed E-state index contributed by atoms with van der Waals surface area (Å²) in [6.45, 7) is -1.87.